The lowest BCUT2D eigenvalue weighted by Crippen LogP contribution is -2.31. The minimum Gasteiger partial charge on any atom is -0.350 e. The minimum atomic E-state index is -0.225. The molecule has 3 atom stereocenters. The Hall–Kier alpha value is -2.69. The number of amides is 2. The second-order valence-corrected chi connectivity index (χ2v) is 6.13. The summed E-state index contributed by atoms with van der Waals surface area (Å²) in [4.78, 5) is 28.6. The van der Waals surface area contributed by atoms with Crippen molar-refractivity contribution in [2.45, 2.75) is 25.9 Å². The summed E-state index contributed by atoms with van der Waals surface area (Å²) in [6, 6.07) is 15.3. The zero-order chi connectivity index (χ0) is 16.9. The van der Waals surface area contributed by atoms with Crippen molar-refractivity contribution >= 4 is 11.8 Å². The molecule has 5 nitrogen and oxygen atoms in total. The molecule has 3 unspecified atom stereocenters. The molecule has 1 heterocycles. The molecule has 2 amide bonds. The number of nitrogens with one attached hydrogen (secondary N) is 2. The third-order valence-corrected chi connectivity index (χ3v) is 4.29. The van der Waals surface area contributed by atoms with Crippen LogP contribution in [0.15, 0.2) is 54.7 Å². The summed E-state index contributed by atoms with van der Waals surface area (Å²) in [5, 5.41) is 5.83. The van der Waals surface area contributed by atoms with Gasteiger partial charge in [0.05, 0.1) is 30.1 Å². The van der Waals surface area contributed by atoms with Crippen molar-refractivity contribution in [3.8, 4) is 0 Å². The smallest absolute Gasteiger partial charge is 0.224 e. The molecule has 1 aromatic heterocycles. The van der Waals surface area contributed by atoms with Crippen molar-refractivity contribution in [2.75, 3.05) is 0 Å². The molecule has 0 aliphatic heterocycles. The van der Waals surface area contributed by atoms with E-state index >= 15 is 0 Å². The van der Waals surface area contributed by atoms with E-state index in [2.05, 4.69) is 15.6 Å². The first-order valence-corrected chi connectivity index (χ1v) is 8.18. The maximum absolute atomic E-state index is 12.3. The van der Waals surface area contributed by atoms with Crippen molar-refractivity contribution in [1.29, 1.82) is 0 Å². The molecular weight excluding hydrogens is 302 g/mol. The lowest BCUT2D eigenvalue weighted by molar-refractivity contribution is -0.127. The van der Waals surface area contributed by atoms with Gasteiger partial charge in [-0.3, -0.25) is 14.6 Å². The van der Waals surface area contributed by atoms with Crippen LogP contribution in [0.1, 0.15) is 30.6 Å². The molecule has 5 heteroatoms. The van der Waals surface area contributed by atoms with Crippen LogP contribution in [0.5, 0.6) is 0 Å². The summed E-state index contributed by atoms with van der Waals surface area (Å²) in [6.45, 7) is 2.34. The minimum absolute atomic E-state index is 0.0515. The lowest BCUT2D eigenvalue weighted by Gasteiger charge is -2.14. The summed E-state index contributed by atoms with van der Waals surface area (Å²) in [6.07, 6.45) is 2.31. The molecule has 3 rings (SSSR count). The predicted octanol–water partition coefficient (Wildman–Crippen LogP) is 2.21. The monoisotopic (exact) mass is 323 g/mol. The van der Waals surface area contributed by atoms with Gasteiger partial charge in [0.15, 0.2) is 0 Å². The number of pyridine rings is 1. The number of carbonyl (C=O) groups excluding carboxylic acids is 2. The zero-order valence-electron chi connectivity index (χ0n) is 13.6. The van der Waals surface area contributed by atoms with Gasteiger partial charge < -0.3 is 10.6 Å². The number of nitrogens with zero attached hydrogens (tertiary/aromatic N) is 1. The predicted molar refractivity (Wildman–Crippen MR) is 90.7 cm³/mol. The molecule has 124 valence electrons. The molecule has 0 radical (unpaired) electrons. The molecule has 1 aliphatic rings. The molecular formula is C19H21N3O2. The van der Waals surface area contributed by atoms with Gasteiger partial charge in [0, 0.05) is 6.20 Å². The van der Waals surface area contributed by atoms with Crippen LogP contribution in [0.25, 0.3) is 0 Å². The molecule has 0 spiro atoms. The van der Waals surface area contributed by atoms with Gasteiger partial charge in [-0.05, 0) is 31.0 Å². The van der Waals surface area contributed by atoms with Gasteiger partial charge in [-0.1, -0.05) is 36.4 Å². The van der Waals surface area contributed by atoms with E-state index in [0.717, 1.165) is 11.3 Å². The highest BCUT2D eigenvalue weighted by molar-refractivity contribution is 5.92. The zero-order valence-corrected chi connectivity index (χ0v) is 13.6. The summed E-state index contributed by atoms with van der Waals surface area (Å²) in [7, 11) is 0. The second-order valence-electron chi connectivity index (χ2n) is 6.13. The Morgan fingerprint density at radius 3 is 2.50 bits per heavy atom. The fourth-order valence-electron chi connectivity index (χ4n) is 2.73. The van der Waals surface area contributed by atoms with Crippen LogP contribution in [0.3, 0.4) is 0 Å². The molecule has 2 N–H and O–H groups in total. The van der Waals surface area contributed by atoms with Crippen molar-refractivity contribution in [3.63, 3.8) is 0 Å². The Labute approximate surface area is 141 Å². The van der Waals surface area contributed by atoms with Gasteiger partial charge in [0.25, 0.3) is 0 Å². The maximum atomic E-state index is 12.3. The fourth-order valence-corrected chi connectivity index (χ4v) is 2.73. The van der Waals surface area contributed by atoms with Crippen molar-refractivity contribution in [1.82, 2.24) is 15.6 Å². The van der Waals surface area contributed by atoms with Crippen LogP contribution in [-0.4, -0.2) is 16.8 Å². The molecule has 1 saturated carbocycles. The van der Waals surface area contributed by atoms with Gasteiger partial charge in [-0.25, -0.2) is 0 Å². The van der Waals surface area contributed by atoms with E-state index in [-0.39, 0.29) is 29.7 Å². The SMILES string of the molecule is CC(NC(=O)C1CC1C(=O)NCc1ccccn1)c1ccccc1. The molecule has 1 fully saturated rings. The highest BCUT2D eigenvalue weighted by Gasteiger charge is 2.48. The number of aromatic nitrogens is 1. The molecule has 2 aromatic rings. The number of carbonyl (C=O) groups is 2. The standard InChI is InChI=1S/C19H21N3O2/c1-13(14-7-3-2-4-8-14)22-19(24)17-11-16(17)18(23)21-12-15-9-5-6-10-20-15/h2-10,13,16-17H,11-12H2,1H3,(H,21,23)(H,22,24). The van der Waals surface area contributed by atoms with E-state index in [4.69, 9.17) is 0 Å². The van der Waals surface area contributed by atoms with Crippen LogP contribution < -0.4 is 10.6 Å². The highest BCUT2D eigenvalue weighted by atomic mass is 16.2. The van der Waals surface area contributed by atoms with E-state index in [1.54, 1.807) is 6.20 Å². The van der Waals surface area contributed by atoms with Crippen LogP contribution in [0, 0.1) is 11.8 Å². The first-order valence-electron chi connectivity index (χ1n) is 8.18. The van der Waals surface area contributed by atoms with Gasteiger partial charge in [-0.2, -0.15) is 0 Å². The summed E-state index contributed by atoms with van der Waals surface area (Å²) in [5.74, 6) is -0.575. The Kier molecular flexibility index (Phi) is 4.89. The van der Waals surface area contributed by atoms with Crippen LogP contribution in [0.4, 0.5) is 0 Å². The Balaban J connectivity index is 1.46. The van der Waals surface area contributed by atoms with Gasteiger partial charge >= 0.3 is 0 Å². The Bertz CT molecular complexity index is 703. The number of rotatable bonds is 6. The molecule has 0 saturated heterocycles. The molecule has 0 bridgehead atoms. The number of hydrogen-bond acceptors (Lipinski definition) is 3. The second kappa shape index (κ2) is 7.25. The fraction of sp³-hybridized carbons (Fsp3) is 0.316. The van der Waals surface area contributed by atoms with E-state index < -0.39 is 0 Å². The summed E-state index contributed by atoms with van der Waals surface area (Å²) < 4.78 is 0. The van der Waals surface area contributed by atoms with E-state index in [0.29, 0.717) is 13.0 Å². The van der Waals surface area contributed by atoms with Crippen molar-refractivity contribution < 1.29 is 9.59 Å². The molecule has 1 aromatic carbocycles. The average Bonchev–Trinajstić information content (AvgIpc) is 3.42. The van der Waals surface area contributed by atoms with E-state index in [1.807, 2.05) is 55.5 Å². The van der Waals surface area contributed by atoms with E-state index in [1.165, 1.54) is 0 Å². The lowest BCUT2D eigenvalue weighted by atomic mass is 10.1. The first kappa shape index (κ1) is 16.2. The van der Waals surface area contributed by atoms with Crippen LogP contribution in [-0.2, 0) is 16.1 Å². The Morgan fingerprint density at radius 1 is 1.08 bits per heavy atom. The Morgan fingerprint density at radius 2 is 1.79 bits per heavy atom. The number of benzene rings is 1. The average molecular weight is 323 g/mol. The van der Waals surface area contributed by atoms with Crippen molar-refractivity contribution in [2.24, 2.45) is 11.8 Å². The first-order chi connectivity index (χ1) is 11.6. The van der Waals surface area contributed by atoms with Crippen LogP contribution in [0.2, 0.25) is 0 Å². The van der Waals surface area contributed by atoms with E-state index in [9.17, 15) is 9.59 Å². The highest BCUT2D eigenvalue weighted by Crippen LogP contribution is 2.39. The van der Waals surface area contributed by atoms with Gasteiger partial charge in [-0.15, -0.1) is 0 Å². The summed E-state index contributed by atoms with van der Waals surface area (Å²) in [5.41, 5.74) is 1.87. The third-order valence-electron chi connectivity index (χ3n) is 4.29. The number of hydrogen-bond donors (Lipinski definition) is 2. The largest absolute Gasteiger partial charge is 0.350 e. The maximum Gasteiger partial charge on any atom is 0.224 e. The topological polar surface area (TPSA) is 71.1 Å². The molecule has 24 heavy (non-hydrogen) atoms. The molecule has 1 aliphatic carbocycles. The van der Waals surface area contributed by atoms with Crippen LogP contribution >= 0.6 is 0 Å². The normalized spacial score (nSPS) is 20.0. The van der Waals surface area contributed by atoms with Gasteiger partial charge in [0.1, 0.15) is 0 Å². The van der Waals surface area contributed by atoms with Crippen molar-refractivity contribution in [3.05, 3.63) is 66.0 Å². The van der Waals surface area contributed by atoms with Gasteiger partial charge in [0.2, 0.25) is 11.8 Å². The quantitative estimate of drug-likeness (QED) is 0.856. The summed E-state index contributed by atoms with van der Waals surface area (Å²) >= 11 is 0. The third kappa shape index (κ3) is 3.98.